The number of amides is 1. The van der Waals surface area contributed by atoms with Gasteiger partial charge in [0.25, 0.3) is 5.91 Å². The maximum absolute atomic E-state index is 13.2. The average Bonchev–Trinajstić information content (AvgIpc) is 3.45. The summed E-state index contributed by atoms with van der Waals surface area (Å²) >= 11 is 0. The maximum Gasteiger partial charge on any atom is 0.272 e. The van der Waals surface area contributed by atoms with Crippen LogP contribution in [0.3, 0.4) is 0 Å². The van der Waals surface area contributed by atoms with E-state index in [0.29, 0.717) is 43.4 Å². The molecule has 1 saturated heterocycles. The Bertz CT molecular complexity index is 1290. The molecule has 0 unspecified atom stereocenters. The molecular formula is C23H23FN8O. The van der Waals surface area contributed by atoms with Crippen molar-refractivity contribution in [3.63, 3.8) is 0 Å². The van der Waals surface area contributed by atoms with Crippen LogP contribution in [-0.4, -0.2) is 66.5 Å². The number of piperazine rings is 1. The van der Waals surface area contributed by atoms with Gasteiger partial charge in [0.2, 0.25) is 0 Å². The van der Waals surface area contributed by atoms with Crippen LogP contribution in [0.4, 0.5) is 10.2 Å². The first-order valence-corrected chi connectivity index (χ1v) is 10.7. The molecule has 1 fully saturated rings. The van der Waals surface area contributed by atoms with Crippen LogP contribution in [0, 0.1) is 12.7 Å². The SMILES string of the molecule is Cc1ccn(-c2cc(N3CCN(C(=O)c4cc(-c5ccc(F)cc5)nn4C)CC3)ncn2)n1. The Balaban J connectivity index is 1.27. The highest BCUT2D eigenvalue weighted by Gasteiger charge is 2.26. The van der Waals surface area contributed by atoms with Crippen LogP contribution in [-0.2, 0) is 7.05 Å². The van der Waals surface area contributed by atoms with E-state index in [-0.39, 0.29) is 11.7 Å². The molecule has 0 bridgehead atoms. The van der Waals surface area contributed by atoms with Crippen LogP contribution < -0.4 is 4.90 Å². The Kier molecular flexibility index (Phi) is 5.33. The lowest BCUT2D eigenvalue weighted by atomic mass is 10.1. The molecule has 1 aromatic carbocycles. The van der Waals surface area contributed by atoms with E-state index in [4.69, 9.17) is 0 Å². The van der Waals surface area contributed by atoms with Gasteiger partial charge in [-0.2, -0.15) is 10.2 Å². The highest BCUT2D eigenvalue weighted by molar-refractivity contribution is 5.94. The first kappa shape index (κ1) is 20.8. The number of carbonyl (C=O) groups excluding carboxylic acids is 1. The Labute approximate surface area is 190 Å². The molecular weight excluding hydrogens is 423 g/mol. The van der Waals surface area contributed by atoms with Gasteiger partial charge in [0.1, 0.15) is 23.7 Å². The number of aromatic nitrogens is 6. The number of carbonyl (C=O) groups is 1. The Morgan fingerprint density at radius 3 is 2.36 bits per heavy atom. The topological polar surface area (TPSA) is 85.0 Å². The van der Waals surface area contributed by atoms with Gasteiger partial charge < -0.3 is 9.80 Å². The molecule has 1 amide bonds. The zero-order valence-corrected chi connectivity index (χ0v) is 18.4. The summed E-state index contributed by atoms with van der Waals surface area (Å²) in [5, 5.41) is 8.84. The first-order valence-electron chi connectivity index (χ1n) is 10.7. The molecule has 1 aliphatic heterocycles. The van der Waals surface area contributed by atoms with E-state index in [2.05, 4.69) is 25.1 Å². The summed E-state index contributed by atoms with van der Waals surface area (Å²) in [6, 6.07) is 11.7. The Morgan fingerprint density at radius 2 is 1.67 bits per heavy atom. The van der Waals surface area contributed by atoms with E-state index in [1.807, 2.05) is 30.2 Å². The van der Waals surface area contributed by atoms with Gasteiger partial charge in [-0.1, -0.05) is 0 Å². The lowest BCUT2D eigenvalue weighted by Crippen LogP contribution is -2.49. The van der Waals surface area contributed by atoms with E-state index in [0.717, 1.165) is 17.1 Å². The van der Waals surface area contributed by atoms with E-state index >= 15 is 0 Å². The van der Waals surface area contributed by atoms with Gasteiger partial charge >= 0.3 is 0 Å². The number of anilines is 1. The van der Waals surface area contributed by atoms with E-state index < -0.39 is 0 Å². The van der Waals surface area contributed by atoms with Crippen LogP contribution in [0.5, 0.6) is 0 Å². The number of hydrogen-bond donors (Lipinski definition) is 0. The minimum Gasteiger partial charge on any atom is -0.353 e. The molecule has 0 radical (unpaired) electrons. The van der Waals surface area contributed by atoms with Gasteiger partial charge in [0.05, 0.1) is 11.4 Å². The van der Waals surface area contributed by atoms with Crippen LogP contribution in [0.2, 0.25) is 0 Å². The minimum absolute atomic E-state index is 0.0756. The number of benzene rings is 1. The molecule has 4 heterocycles. The van der Waals surface area contributed by atoms with E-state index in [1.165, 1.54) is 18.5 Å². The van der Waals surface area contributed by atoms with E-state index in [1.54, 1.807) is 34.6 Å². The van der Waals surface area contributed by atoms with Crippen molar-refractivity contribution in [3.8, 4) is 17.1 Å². The Hall–Kier alpha value is -4.08. The van der Waals surface area contributed by atoms with Gasteiger partial charge in [0, 0.05) is 51.1 Å². The summed E-state index contributed by atoms with van der Waals surface area (Å²) in [4.78, 5) is 25.8. The maximum atomic E-state index is 13.2. The standard InChI is InChI=1S/C23H23FN8O/c1-16-7-8-32(27-16)22-14-21(25-15-26-22)30-9-11-31(12-10-30)23(33)20-13-19(28-29(20)2)17-3-5-18(24)6-4-17/h3-8,13-15H,9-12H2,1-2H3. The second kappa shape index (κ2) is 8.45. The lowest BCUT2D eigenvalue weighted by molar-refractivity contribution is 0.0735. The number of rotatable bonds is 4. The zero-order valence-electron chi connectivity index (χ0n) is 18.4. The largest absolute Gasteiger partial charge is 0.353 e. The molecule has 0 atom stereocenters. The normalized spacial score (nSPS) is 14.0. The van der Waals surface area contributed by atoms with Crippen LogP contribution in [0.25, 0.3) is 17.1 Å². The van der Waals surface area contributed by atoms with Crippen molar-refractivity contribution in [2.45, 2.75) is 6.92 Å². The van der Waals surface area contributed by atoms with Gasteiger partial charge in [0.15, 0.2) is 5.82 Å². The third kappa shape index (κ3) is 4.19. The number of hydrogen-bond acceptors (Lipinski definition) is 6. The molecule has 5 rings (SSSR count). The molecule has 0 saturated carbocycles. The molecule has 168 valence electrons. The van der Waals surface area contributed by atoms with Gasteiger partial charge in [-0.05, 0) is 43.3 Å². The third-order valence-electron chi connectivity index (χ3n) is 5.73. The number of halogens is 1. The quantitative estimate of drug-likeness (QED) is 0.479. The number of aryl methyl sites for hydroxylation is 2. The molecule has 3 aromatic heterocycles. The molecule has 10 heteroatoms. The molecule has 0 aliphatic carbocycles. The van der Waals surface area contributed by atoms with Crippen molar-refractivity contribution in [3.05, 3.63) is 72.2 Å². The average molecular weight is 446 g/mol. The second-order valence-corrected chi connectivity index (χ2v) is 7.96. The lowest BCUT2D eigenvalue weighted by Gasteiger charge is -2.35. The monoisotopic (exact) mass is 446 g/mol. The van der Waals surface area contributed by atoms with Crippen molar-refractivity contribution in [2.24, 2.45) is 7.05 Å². The fourth-order valence-corrected chi connectivity index (χ4v) is 3.91. The minimum atomic E-state index is -0.306. The highest BCUT2D eigenvalue weighted by atomic mass is 19.1. The summed E-state index contributed by atoms with van der Waals surface area (Å²) in [5.41, 5.74) is 2.82. The molecule has 1 aliphatic rings. The summed E-state index contributed by atoms with van der Waals surface area (Å²) in [6.45, 7) is 4.37. The predicted molar refractivity (Wildman–Crippen MR) is 121 cm³/mol. The highest BCUT2D eigenvalue weighted by Crippen LogP contribution is 2.21. The smallest absolute Gasteiger partial charge is 0.272 e. The van der Waals surface area contributed by atoms with Crippen LogP contribution >= 0.6 is 0 Å². The zero-order chi connectivity index (χ0) is 22.9. The van der Waals surface area contributed by atoms with E-state index in [9.17, 15) is 9.18 Å². The summed E-state index contributed by atoms with van der Waals surface area (Å²) in [5.74, 6) is 1.13. The summed E-state index contributed by atoms with van der Waals surface area (Å²) < 4.78 is 16.5. The molecule has 0 N–H and O–H groups in total. The third-order valence-corrected chi connectivity index (χ3v) is 5.73. The predicted octanol–water partition coefficient (Wildman–Crippen LogP) is 2.47. The second-order valence-electron chi connectivity index (χ2n) is 7.96. The molecule has 9 nitrogen and oxygen atoms in total. The molecule has 33 heavy (non-hydrogen) atoms. The van der Waals surface area contributed by atoms with Crippen molar-refractivity contribution >= 4 is 11.7 Å². The van der Waals surface area contributed by atoms with Crippen LogP contribution in [0.1, 0.15) is 16.2 Å². The van der Waals surface area contributed by atoms with Crippen molar-refractivity contribution in [2.75, 3.05) is 31.1 Å². The van der Waals surface area contributed by atoms with Crippen molar-refractivity contribution in [1.82, 2.24) is 34.4 Å². The fourth-order valence-electron chi connectivity index (χ4n) is 3.91. The van der Waals surface area contributed by atoms with Gasteiger partial charge in [-0.15, -0.1) is 0 Å². The summed E-state index contributed by atoms with van der Waals surface area (Å²) in [6.07, 6.45) is 3.40. The van der Waals surface area contributed by atoms with Gasteiger partial charge in [-0.3, -0.25) is 9.48 Å². The van der Waals surface area contributed by atoms with Crippen molar-refractivity contribution in [1.29, 1.82) is 0 Å². The van der Waals surface area contributed by atoms with Crippen LogP contribution in [0.15, 0.2) is 55.0 Å². The molecule has 4 aromatic rings. The first-order chi connectivity index (χ1) is 16.0. The number of nitrogens with zero attached hydrogens (tertiary/aromatic N) is 8. The van der Waals surface area contributed by atoms with Crippen molar-refractivity contribution < 1.29 is 9.18 Å². The molecule has 0 spiro atoms. The van der Waals surface area contributed by atoms with Gasteiger partial charge in [-0.25, -0.2) is 19.0 Å². The summed E-state index contributed by atoms with van der Waals surface area (Å²) in [7, 11) is 1.75. The Morgan fingerprint density at radius 1 is 0.939 bits per heavy atom. The fraction of sp³-hybridized carbons (Fsp3) is 0.261.